The molecule has 0 N–H and O–H groups in total. The minimum Gasteiger partial charge on any atom is -0.0953 e. The zero-order valence-electron chi connectivity index (χ0n) is 3.78. The third-order valence-corrected chi connectivity index (χ3v) is 0.429. The molecule has 0 heteroatoms. The van der Waals surface area contributed by atoms with E-state index in [0.717, 1.165) is 6.42 Å². The summed E-state index contributed by atoms with van der Waals surface area (Å²) in [6.07, 6.45) is 7.13. The Labute approximate surface area is 39.2 Å². The maximum absolute atomic E-state index is 3.47. The summed E-state index contributed by atoms with van der Waals surface area (Å²) < 4.78 is 0. The molecule has 0 aromatic heterocycles. The standard InChI is InChI=1S/C6H8/c1-3-5-6-4-2/h3,5H,1-2,6H2. The Kier molecular flexibility index (Phi) is 4.09. The van der Waals surface area contributed by atoms with Gasteiger partial charge in [-0.05, 0) is 19.4 Å². The number of rotatable bonds is 2. The topological polar surface area (TPSA) is 0 Å². The molecular formula is C6H8. The van der Waals surface area contributed by atoms with E-state index in [2.05, 4.69) is 19.6 Å². The van der Waals surface area contributed by atoms with Crippen LogP contribution in [0.25, 0.3) is 0 Å². The molecule has 0 nitrogen and oxygen atoms in total. The molecule has 0 rings (SSSR count). The molecule has 0 heterocycles. The normalized spacial score (nSPS) is 9.50. The van der Waals surface area contributed by atoms with Crippen molar-refractivity contribution in [3.63, 3.8) is 0 Å². The van der Waals surface area contributed by atoms with Gasteiger partial charge in [-0.25, -0.2) is 0 Å². The van der Waals surface area contributed by atoms with Crippen LogP contribution in [0.3, 0.4) is 0 Å². The molecule has 6 heavy (non-hydrogen) atoms. The Bertz CT molecular complexity index is 51.1. The van der Waals surface area contributed by atoms with E-state index in [4.69, 9.17) is 0 Å². The summed E-state index contributed by atoms with van der Waals surface area (Å²) in [6.45, 7) is 6.87. The minimum atomic E-state index is 0.809. The van der Waals surface area contributed by atoms with Crippen molar-refractivity contribution in [2.45, 2.75) is 6.42 Å². The first-order chi connectivity index (χ1) is 2.91. The fourth-order valence-electron chi connectivity index (χ4n) is 0.167. The van der Waals surface area contributed by atoms with Crippen molar-refractivity contribution in [2.75, 3.05) is 0 Å². The van der Waals surface area contributed by atoms with Crippen LogP contribution in [-0.2, 0) is 0 Å². The highest BCUT2D eigenvalue weighted by Crippen LogP contribution is 1.77. The van der Waals surface area contributed by atoms with Crippen molar-refractivity contribution < 1.29 is 0 Å². The van der Waals surface area contributed by atoms with Gasteiger partial charge in [-0.2, -0.15) is 0 Å². The Morgan fingerprint density at radius 1 is 1.67 bits per heavy atom. The fraction of sp³-hybridized carbons (Fsp3) is 0.167. The second-order valence-electron chi connectivity index (χ2n) is 0.926. The van der Waals surface area contributed by atoms with E-state index in [1.54, 1.807) is 6.08 Å². The Morgan fingerprint density at radius 3 is 2.50 bits per heavy atom. The Balaban J connectivity index is 2.85. The molecule has 0 bridgehead atoms. The molecule has 0 spiro atoms. The largest absolute Gasteiger partial charge is 0.0953 e. The van der Waals surface area contributed by atoms with Gasteiger partial charge in [-0.15, -0.1) is 0 Å². The molecule has 32 valence electrons. The van der Waals surface area contributed by atoms with Crippen molar-refractivity contribution in [1.82, 2.24) is 0 Å². The van der Waals surface area contributed by atoms with Crippen LogP contribution < -0.4 is 0 Å². The first-order valence-electron chi connectivity index (χ1n) is 1.86. The maximum atomic E-state index is 3.47. The van der Waals surface area contributed by atoms with Crippen LogP contribution in [0.2, 0.25) is 0 Å². The lowest BCUT2D eigenvalue weighted by Crippen LogP contribution is -1.50. The number of hydrogen-bond acceptors (Lipinski definition) is 0. The maximum Gasteiger partial charge on any atom is -0.0101 e. The molecule has 0 aromatic rings. The van der Waals surface area contributed by atoms with Crippen LogP contribution in [0.15, 0.2) is 18.7 Å². The molecule has 0 aliphatic rings. The SMILES string of the molecule is [CH2]C=CC[C]=C. The lowest BCUT2D eigenvalue weighted by molar-refractivity contribution is 1.36. The minimum absolute atomic E-state index is 0.809. The van der Waals surface area contributed by atoms with Gasteiger partial charge < -0.3 is 0 Å². The monoisotopic (exact) mass is 80.1 g/mol. The molecule has 0 unspecified atom stereocenters. The summed E-state index contributed by atoms with van der Waals surface area (Å²) in [4.78, 5) is 0. The summed E-state index contributed by atoms with van der Waals surface area (Å²) in [7, 11) is 0. The van der Waals surface area contributed by atoms with Gasteiger partial charge in [0.1, 0.15) is 0 Å². The van der Waals surface area contributed by atoms with Gasteiger partial charge in [0.25, 0.3) is 0 Å². The van der Waals surface area contributed by atoms with Crippen LogP contribution >= 0.6 is 0 Å². The Morgan fingerprint density at radius 2 is 2.33 bits per heavy atom. The van der Waals surface area contributed by atoms with Crippen molar-refractivity contribution in [3.05, 3.63) is 31.7 Å². The molecule has 0 atom stereocenters. The van der Waals surface area contributed by atoms with Gasteiger partial charge in [0.05, 0.1) is 0 Å². The molecule has 0 aromatic carbocycles. The Hall–Kier alpha value is -0.520. The van der Waals surface area contributed by atoms with Gasteiger partial charge in [0.2, 0.25) is 0 Å². The predicted molar refractivity (Wildman–Crippen MR) is 28.0 cm³/mol. The van der Waals surface area contributed by atoms with E-state index in [-0.39, 0.29) is 0 Å². The van der Waals surface area contributed by atoms with Crippen LogP contribution in [0, 0.1) is 13.0 Å². The molecular weight excluding hydrogens is 72.1 g/mol. The molecule has 0 aliphatic carbocycles. The second kappa shape index (κ2) is 4.48. The molecule has 2 radical (unpaired) electrons. The quantitative estimate of drug-likeness (QED) is 0.474. The van der Waals surface area contributed by atoms with Crippen molar-refractivity contribution >= 4 is 0 Å². The summed E-state index contributed by atoms with van der Waals surface area (Å²) in [6, 6.07) is 0. The van der Waals surface area contributed by atoms with Crippen molar-refractivity contribution in [3.8, 4) is 0 Å². The summed E-state index contributed by atoms with van der Waals surface area (Å²) in [5.74, 6) is 0. The first kappa shape index (κ1) is 5.48. The highest BCUT2D eigenvalue weighted by atomic mass is 13.6. The molecule has 0 saturated heterocycles. The lowest BCUT2D eigenvalue weighted by atomic mass is 10.4. The molecule has 0 saturated carbocycles. The number of allylic oxidation sites excluding steroid dienone is 3. The van der Waals surface area contributed by atoms with Crippen LogP contribution in [0.5, 0.6) is 0 Å². The van der Waals surface area contributed by atoms with Crippen molar-refractivity contribution in [1.29, 1.82) is 0 Å². The summed E-state index contributed by atoms with van der Waals surface area (Å²) >= 11 is 0. The van der Waals surface area contributed by atoms with Gasteiger partial charge in [0.15, 0.2) is 0 Å². The second-order valence-corrected chi connectivity index (χ2v) is 0.926. The molecule has 0 fully saturated rings. The third kappa shape index (κ3) is 3.48. The van der Waals surface area contributed by atoms with Gasteiger partial charge >= 0.3 is 0 Å². The van der Waals surface area contributed by atoms with E-state index >= 15 is 0 Å². The summed E-state index contributed by atoms with van der Waals surface area (Å²) in [5, 5.41) is 0. The highest BCUT2D eigenvalue weighted by molar-refractivity contribution is 4.86. The van der Waals surface area contributed by atoms with Crippen LogP contribution in [0.4, 0.5) is 0 Å². The smallest absolute Gasteiger partial charge is 0.0101 e. The first-order valence-corrected chi connectivity index (χ1v) is 1.86. The predicted octanol–water partition coefficient (Wildman–Crippen LogP) is 1.76. The average molecular weight is 80.1 g/mol. The van der Waals surface area contributed by atoms with E-state index in [1.165, 1.54) is 0 Å². The van der Waals surface area contributed by atoms with E-state index in [9.17, 15) is 0 Å². The van der Waals surface area contributed by atoms with Crippen molar-refractivity contribution in [2.24, 2.45) is 0 Å². The van der Waals surface area contributed by atoms with Crippen LogP contribution in [-0.4, -0.2) is 0 Å². The van der Waals surface area contributed by atoms with Crippen LogP contribution in [0.1, 0.15) is 6.42 Å². The zero-order chi connectivity index (χ0) is 4.83. The van der Waals surface area contributed by atoms with E-state index < -0.39 is 0 Å². The van der Waals surface area contributed by atoms with E-state index in [1.807, 2.05) is 6.08 Å². The zero-order valence-corrected chi connectivity index (χ0v) is 3.78. The average Bonchev–Trinajstić information content (AvgIpc) is 1.61. The molecule has 0 aliphatic heterocycles. The number of hydrogen-bond donors (Lipinski definition) is 0. The van der Waals surface area contributed by atoms with Gasteiger partial charge in [-0.3, -0.25) is 0 Å². The third-order valence-electron chi connectivity index (χ3n) is 0.429. The van der Waals surface area contributed by atoms with E-state index in [0.29, 0.717) is 0 Å². The fourth-order valence-corrected chi connectivity index (χ4v) is 0.167. The van der Waals surface area contributed by atoms with Gasteiger partial charge in [-0.1, -0.05) is 18.7 Å². The van der Waals surface area contributed by atoms with Gasteiger partial charge in [0, 0.05) is 0 Å². The molecule has 0 amide bonds. The summed E-state index contributed by atoms with van der Waals surface area (Å²) in [5.41, 5.74) is 0. The lowest BCUT2D eigenvalue weighted by Gasteiger charge is -1.68. The highest BCUT2D eigenvalue weighted by Gasteiger charge is 1.58.